The third-order valence-electron chi connectivity index (χ3n) is 2.69. The summed E-state index contributed by atoms with van der Waals surface area (Å²) in [6.07, 6.45) is 7.76. The molecule has 1 saturated carbocycles. The van der Waals surface area contributed by atoms with Gasteiger partial charge in [-0.3, -0.25) is 0 Å². The topological polar surface area (TPSA) is 61.1 Å². The van der Waals surface area contributed by atoms with Crippen molar-refractivity contribution in [1.82, 2.24) is 5.27 Å². The Kier molecular flexibility index (Phi) is 2.99. The van der Waals surface area contributed by atoms with Gasteiger partial charge in [-0.25, -0.2) is 0 Å². The third kappa shape index (κ3) is 2.55. The number of rotatable bonds is 2. The molecular formula is C10H15N3O2. The molecule has 1 fully saturated rings. The standard InChI is InChI=1S/C10H15N3O2/c1-8(14)11-10-7-13(12-15-10)9-5-3-2-4-6-9/h7,9H,2-6H2,1H3. The summed E-state index contributed by atoms with van der Waals surface area (Å²) in [6.45, 7) is 1.40. The highest BCUT2D eigenvalue weighted by molar-refractivity contribution is 5.92. The summed E-state index contributed by atoms with van der Waals surface area (Å²) in [6, 6.07) is 0.415. The minimum absolute atomic E-state index is 0.262. The van der Waals surface area contributed by atoms with Gasteiger partial charge in [0.05, 0.1) is 5.91 Å². The molecule has 15 heavy (non-hydrogen) atoms. The Morgan fingerprint density at radius 2 is 2.27 bits per heavy atom. The maximum Gasteiger partial charge on any atom is 0.223 e. The molecule has 5 nitrogen and oxygen atoms in total. The predicted octanol–water partition coefficient (Wildman–Crippen LogP) is 2.02. The van der Waals surface area contributed by atoms with Crippen molar-refractivity contribution in [2.75, 3.05) is 0 Å². The van der Waals surface area contributed by atoms with Gasteiger partial charge >= 0.3 is 0 Å². The van der Waals surface area contributed by atoms with E-state index in [0.29, 0.717) is 11.9 Å². The molecule has 0 spiro atoms. The highest BCUT2D eigenvalue weighted by atomic mass is 16.5. The molecule has 1 aliphatic rings. The molecule has 2 rings (SSSR count). The Hall–Kier alpha value is -1.39. The average Bonchev–Trinajstić information content (AvgIpc) is 2.67. The first-order valence-electron chi connectivity index (χ1n) is 5.36. The van der Waals surface area contributed by atoms with Crippen LogP contribution < -0.4 is 4.68 Å². The molecule has 0 radical (unpaired) electrons. The molecule has 1 aliphatic carbocycles. The van der Waals surface area contributed by atoms with E-state index in [1.54, 1.807) is 10.9 Å². The zero-order valence-electron chi connectivity index (χ0n) is 8.85. The highest BCUT2D eigenvalue weighted by Gasteiger charge is 2.24. The van der Waals surface area contributed by atoms with Crippen LogP contribution >= 0.6 is 0 Å². The van der Waals surface area contributed by atoms with Crippen molar-refractivity contribution in [3.63, 3.8) is 0 Å². The number of hydrogen-bond acceptors (Lipinski definition) is 3. The zero-order chi connectivity index (χ0) is 10.7. The van der Waals surface area contributed by atoms with Crippen LogP contribution in [0, 0.1) is 0 Å². The van der Waals surface area contributed by atoms with Gasteiger partial charge in [0.25, 0.3) is 0 Å². The quantitative estimate of drug-likeness (QED) is 0.700. The van der Waals surface area contributed by atoms with Crippen LogP contribution in [0.1, 0.15) is 45.1 Å². The number of amides is 1. The molecule has 1 heterocycles. The Morgan fingerprint density at radius 3 is 2.93 bits per heavy atom. The van der Waals surface area contributed by atoms with Gasteiger partial charge in [0.15, 0.2) is 11.3 Å². The van der Waals surface area contributed by atoms with Crippen LogP contribution in [-0.2, 0) is 4.79 Å². The van der Waals surface area contributed by atoms with E-state index in [-0.39, 0.29) is 5.91 Å². The molecule has 0 aromatic carbocycles. The van der Waals surface area contributed by atoms with Crippen LogP contribution in [-0.4, -0.2) is 11.2 Å². The largest absolute Gasteiger partial charge is 0.589 e. The van der Waals surface area contributed by atoms with Gasteiger partial charge in [-0.2, -0.15) is 0 Å². The molecular weight excluding hydrogens is 194 g/mol. The molecule has 0 bridgehead atoms. The fourth-order valence-corrected chi connectivity index (χ4v) is 1.97. The molecule has 1 aromatic heterocycles. The zero-order valence-corrected chi connectivity index (χ0v) is 8.85. The highest BCUT2D eigenvalue weighted by Crippen LogP contribution is 2.24. The minimum Gasteiger partial charge on any atom is -0.589 e. The summed E-state index contributed by atoms with van der Waals surface area (Å²) in [5, 5.41) is 7.57. The Labute approximate surface area is 88.4 Å². The first-order valence-corrected chi connectivity index (χ1v) is 5.36. The first kappa shape index (κ1) is 10.1. The van der Waals surface area contributed by atoms with E-state index in [1.165, 1.54) is 26.2 Å². The normalized spacial score (nSPS) is 17.7. The predicted molar refractivity (Wildman–Crippen MR) is 52.5 cm³/mol. The van der Waals surface area contributed by atoms with Crippen LogP contribution in [0.2, 0.25) is 0 Å². The van der Waals surface area contributed by atoms with E-state index < -0.39 is 0 Å². The molecule has 1 aromatic rings. The third-order valence-corrected chi connectivity index (χ3v) is 2.69. The van der Waals surface area contributed by atoms with Crippen molar-refractivity contribution >= 4 is 11.8 Å². The monoisotopic (exact) mass is 209 g/mol. The van der Waals surface area contributed by atoms with Gasteiger partial charge in [0.2, 0.25) is 6.20 Å². The fraction of sp³-hybridized carbons (Fsp3) is 0.700. The van der Waals surface area contributed by atoms with Gasteiger partial charge < -0.3 is 14.6 Å². The summed E-state index contributed by atoms with van der Waals surface area (Å²) in [5.41, 5.74) is 0. The molecule has 0 saturated heterocycles. The number of carbonyl (C=O) groups is 1. The van der Waals surface area contributed by atoms with Crippen molar-refractivity contribution in [2.45, 2.75) is 45.1 Å². The molecule has 1 amide bonds. The summed E-state index contributed by atoms with van der Waals surface area (Å²) in [4.78, 5) is 10.7. The smallest absolute Gasteiger partial charge is 0.223 e. The van der Waals surface area contributed by atoms with E-state index >= 15 is 0 Å². The van der Waals surface area contributed by atoms with E-state index in [0.717, 1.165) is 12.8 Å². The van der Waals surface area contributed by atoms with Crippen LogP contribution in [0.25, 0.3) is 5.32 Å². The molecule has 0 unspecified atom stereocenters. The maximum absolute atomic E-state index is 10.7. The number of carbonyl (C=O) groups excluding carboxylic acids is 1. The summed E-state index contributed by atoms with van der Waals surface area (Å²) in [7, 11) is 0. The van der Waals surface area contributed by atoms with Gasteiger partial charge in [0.1, 0.15) is 5.88 Å². The lowest BCUT2D eigenvalue weighted by Crippen LogP contribution is -2.41. The van der Waals surface area contributed by atoms with E-state index in [4.69, 9.17) is 4.52 Å². The van der Waals surface area contributed by atoms with Gasteiger partial charge in [-0.15, -0.1) is 0 Å². The van der Waals surface area contributed by atoms with Gasteiger partial charge in [0, 0.05) is 12.8 Å². The molecule has 82 valence electrons. The molecule has 5 heteroatoms. The number of aromatic nitrogens is 2. The summed E-state index contributed by atoms with van der Waals surface area (Å²) >= 11 is 0. The van der Waals surface area contributed by atoms with Crippen LogP contribution in [0.4, 0.5) is 5.88 Å². The number of nitrogens with zero attached hydrogens (tertiary/aromatic N) is 3. The minimum atomic E-state index is -0.262. The Balaban J connectivity index is 2.02. The number of hydrogen-bond donors (Lipinski definition) is 0. The van der Waals surface area contributed by atoms with E-state index in [9.17, 15) is 4.79 Å². The molecule has 0 aliphatic heterocycles. The van der Waals surface area contributed by atoms with E-state index in [1.807, 2.05) is 0 Å². The molecule has 0 N–H and O–H groups in total. The Morgan fingerprint density at radius 1 is 1.53 bits per heavy atom. The van der Waals surface area contributed by atoms with E-state index in [2.05, 4.69) is 10.6 Å². The van der Waals surface area contributed by atoms with Crippen molar-refractivity contribution in [3.05, 3.63) is 11.5 Å². The van der Waals surface area contributed by atoms with Crippen LogP contribution in [0.15, 0.2) is 10.7 Å². The van der Waals surface area contributed by atoms with Crippen molar-refractivity contribution in [2.24, 2.45) is 0 Å². The lowest BCUT2D eigenvalue weighted by molar-refractivity contribution is -0.787. The second-order valence-electron chi connectivity index (χ2n) is 3.94. The maximum atomic E-state index is 10.7. The SMILES string of the molecule is CC(=O)[N-]c1c[n+](C2CCCCC2)no1. The van der Waals surface area contributed by atoms with Crippen LogP contribution in [0.5, 0.6) is 0 Å². The van der Waals surface area contributed by atoms with Crippen molar-refractivity contribution in [1.29, 1.82) is 0 Å². The fourth-order valence-electron chi connectivity index (χ4n) is 1.97. The lowest BCUT2D eigenvalue weighted by atomic mass is 9.96. The van der Waals surface area contributed by atoms with Crippen LogP contribution in [0.3, 0.4) is 0 Å². The second-order valence-corrected chi connectivity index (χ2v) is 3.94. The average molecular weight is 209 g/mol. The molecule has 0 atom stereocenters. The van der Waals surface area contributed by atoms with Crippen molar-refractivity contribution in [3.8, 4) is 0 Å². The lowest BCUT2D eigenvalue weighted by Gasteiger charge is -2.13. The Bertz CT molecular complexity index is 342. The first-order chi connectivity index (χ1) is 7.25. The van der Waals surface area contributed by atoms with Gasteiger partial charge in [-0.05, 0) is 19.8 Å². The summed E-state index contributed by atoms with van der Waals surface area (Å²) < 4.78 is 6.75. The second kappa shape index (κ2) is 4.42. The summed E-state index contributed by atoms with van der Waals surface area (Å²) in [5.74, 6) is 0.0371. The van der Waals surface area contributed by atoms with Gasteiger partial charge in [-0.1, -0.05) is 11.1 Å². The van der Waals surface area contributed by atoms with Crippen molar-refractivity contribution < 1.29 is 14.0 Å².